The molecule has 0 spiro atoms. The van der Waals surface area contributed by atoms with Crippen LogP contribution in [0.4, 0.5) is 4.79 Å². The average Bonchev–Trinajstić information content (AvgIpc) is 3.07. The van der Waals surface area contributed by atoms with Crippen LogP contribution in [0.25, 0.3) is 0 Å². The van der Waals surface area contributed by atoms with Gasteiger partial charge in [0, 0.05) is 19.2 Å². The van der Waals surface area contributed by atoms with Crippen molar-refractivity contribution in [2.24, 2.45) is 0 Å². The zero-order valence-electron chi connectivity index (χ0n) is 14.2. The minimum absolute atomic E-state index is 0.110. The number of ether oxygens (including phenoxy) is 1. The van der Waals surface area contributed by atoms with E-state index in [2.05, 4.69) is 15.7 Å². The summed E-state index contributed by atoms with van der Waals surface area (Å²) in [6, 6.07) is 8.88. The van der Waals surface area contributed by atoms with Crippen molar-refractivity contribution < 1.29 is 9.53 Å². The summed E-state index contributed by atoms with van der Waals surface area (Å²) in [6.45, 7) is 1.13. The summed E-state index contributed by atoms with van der Waals surface area (Å²) in [5, 5.41) is 9.90. The number of hydrogen-bond donors (Lipinski definition) is 2. The Labute approximate surface area is 146 Å². The minimum atomic E-state index is -0.273. The number of aromatic nitrogens is 2. The number of aryl methyl sites for hydroxylation is 2. The second-order valence-corrected chi connectivity index (χ2v) is 5.99. The molecule has 1 aromatic carbocycles. The lowest BCUT2D eigenvalue weighted by Crippen LogP contribution is -2.38. The van der Waals surface area contributed by atoms with Gasteiger partial charge in [0.1, 0.15) is 5.75 Å². The van der Waals surface area contributed by atoms with Crippen LogP contribution in [-0.2, 0) is 25.9 Å². The van der Waals surface area contributed by atoms with E-state index in [-0.39, 0.29) is 11.6 Å². The monoisotopic (exact) mass is 342 g/mol. The molecular formula is C18H22N4O3. The van der Waals surface area contributed by atoms with Crippen LogP contribution < -0.4 is 20.9 Å². The lowest BCUT2D eigenvalue weighted by Gasteiger charge is -2.10. The second-order valence-electron chi connectivity index (χ2n) is 5.99. The van der Waals surface area contributed by atoms with Gasteiger partial charge in [-0.1, -0.05) is 12.1 Å². The molecule has 7 heteroatoms. The van der Waals surface area contributed by atoms with Crippen molar-refractivity contribution in [2.75, 3.05) is 13.7 Å². The summed E-state index contributed by atoms with van der Waals surface area (Å²) in [6.07, 6.45) is 2.91. The minimum Gasteiger partial charge on any atom is -0.497 e. The first-order chi connectivity index (χ1) is 12.2. The third kappa shape index (κ3) is 4.37. The van der Waals surface area contributed by atoms with Gasteiger partial charge in [-0.05, 0) is 42.5 Å². The largest absolute Gasteiger partial charge is 0.497 e. The van der Waals surface area contributed by atoms with Gasteiger partial charge < -0.3 is 15.4 Å². The Balaban J connectivity index is 1.44. The first kappa shape index (κ1) is 17.0. The van der Waals surface area contributed by atoms with Crippen LogP contribution >= 0.6 is 0 Å². The van der Waals surface area contributed by atoms with Gasteiger partial charge in [0.05, 0.1) is 19.3 Å². The third-order valence-electron chi connectivity index (χ3n) is 4.25. The van der Waals surface area contributed by atoms with Crippen molar-refractivity contribution in [2.45, 2.75) is 32.4 Å². The SMILES string of the molecule is COc1ccc(CNC(=O)NCCn2nc3c(cc2=O)CCC3)cc1. The summed E-state index contributed by atoms with van der Waals surface area (Å²) >= 11 is 0. The quantitative estimate of drug-likeness (QED) is 0.827. The van der Waals surface area contributed by atoms with E-state index in [9.17, 15) is 9.59 Å². The second kappa shape index (κ2) is 7.83. The molecule has 0 aliphatic heterocycles. The van der Waals surface area contributed by atoms with Crippen LogP contribution in [0, 0.1) is 0 Å². The molecule has 0 saturated heterocycles. The molecule has 3 rings (SSSR count). The van der Waals surface area contributed by atoms with E-state index in [1.54, 1.807) is 13.2 Å². The Bertz CT molecular complexity index is 799. The van der Waals surface area contributed by atoms with E-state index in [1.165, 1.54) is 4.68 Å². The van der Waals surface area contributed by atoms with E-state index < -0.39 is 0 Å². The fraction of sp³-hybridized carbons (Fsp3) is 0.389. The number of fused-ring (bicyclic) bond motifs is 1. The zero-order valence-corrected chi connectivity index (χ0v) is 14.2. The lowest BCUT2D eigenvalue weighted by molar-refractivity contribution is 0.240. The summed E-state index contributed by atoms with van der Waals surface area (Å²) in [4.78, 5) is 23.8. The normalized spacial score (nSPS) is 12.5. The number of urea groups is 1. The number of amides is 2. The van der Waals surface area contributed by atoms with Crippen molar-refractivity contribution in [1.82, 2.24) is 20.4 Å². The Morgan fingerprint density at radius 3 is 2.80 bits per heavy atom. The number of benzene rings is 1. The number of rotatable bonds is 6. The number of carbonyl (C=O) groups is 1. The average molecular weight is 342 g/mol. The fourth-order valence-corrected chi connectivity index (χ4v) is 2.86. The summed E-state index contributed by atoms with van der Waals surface area (Å²) in [5.74, 6) is 0.778. The Morgan fingerprint density at radius 1 is 1.24 bits per heavy atom. The molecule has 0 fully saturated rings. The van der Waals surface area contributed by atoms with Gasteiger partial charge in [-0.3, -0.25) is 4.79 Å². The van der Waals surface area contributed by atoms with Gasteiger partial charge in [0.15, 0.2) is 0 Å². The lowest BCUT2D eigenvalue weighted by atomic mass is 10.2. The highest BCUT2D eigenvalue weighted by molar-refractivity contribution is 5.73. The highest BCUT2D eigenvalue weighted by Gasteiger charge is 2.14. The van der Waals surface area contributed by atoms with Gasteiger partial charge in [-0.25, -0.2) is 9.48 Å². The topological polar surface area (TPSA) is 85.2 Å². The Hall–Kier alpha value is -2.83. The zero-order chi connectivity index (χ0) is 17.6. The number of methoxy groups -OCH3 is 1. The van der Waals surface area contributed by atoms with Crippen LogP contribution in [0.3, 0.4) is 0 Å². The molecule has 0 saturated carbocycles. The molecule has 0 unspecified atom stereocenters. The van der Waals surface area contributed by atoms with Gasteiger partial charge >= 0.3 is 6.03 Å². The molecule has 7 nitrogen and oxygen atoms in total. The standard InChI is InChI=1S/C18H22N4O3/c1-25-15-7-5-13(6-8-15)12-20-18(24)19-9-10-22-17(23)11-14-3-2-4-16(14)21-22/h5-8,11H,2-4,9-10,12H2,1H3,(H2,19,20,24). The molecular weight excluding hydrogens is 320 g/mol. The van der Waals surface area contributed by atoms with Crippen LogP contribution in [0.2, 0.25) is 0 Å². The van der Waals surface area contributed by atoms with E-state index in [0.29, 0.717) is 19.6 Å². The molecule has 1 heterocycles. The number of carbonyl (C=O) groups excluding carboxylic acids is 1. The maximum absolute atomic E-state index is 12.0. The Morgan fingerprint density at radius 2 is 2.04 bits per heavy atom. The van der Waals surface area contributed by atoms with E-state index in [1.807, 2.05) is 24.3 Å². The molecule has 1 aliphatic rings. The van der Waals surface area contributed by atoms with Crippen LogP contribution in [0.15, 0.2) is 35.1 Å². The molecule has 2 aromatic rings. The van der Waals surface area contributed by atoms with E-state index in [0.717, 1.165) is 41.8 Å². The first-order valence-corrected chi connectivity index (χ1v) is 8.40. The van der Waals surface area contributed by atoms with Crippen molar-refractivity contribution in [1.29, 1.82) is 0 Å². The molecule has 2 N–H and O–H groups in total. The van der Waals surface area contributed by atoms with Gasteiger partial charge in [0.2, 0.25) is 0 Å². The number of nitrogens with zero attached hydrogens (tertiary/aromatic N) is 2. The van der Waals surface area contributed by atoms with E-state index in [4.69, 9.17) is 4.74 Å². The molecule has 0 bridgehead atoms. The van der Waals surface area contributed by atoms with Crippen molar-refractivity contribution in [3.8, 4) is 5.75 Å². The highest BCUT2D eigenvalue weighted by atomic mass is 16.5. The summed E-state index contributed by atoms with van der Waals surface area (Å²) < 4.78 is 6.52. The Kier molecular flexibility index (Phi) is 5.33. The summed E-state index contributed by atoms with van der Waals surface area (Å²) in [7, 11) is 1.61. The smallest absolute Gasteiger partial charge is 0.315 e. The van der Waals surface area contributed by atoms with Crippen LogP contribution in [0.5, 0.6) is 5.75 Å². The maximum Gasteiger partial charge on any atom is 0.315 e. The third-order valence-corrected chi connectivity index (χ3v) is 4.25. The highest BCUT2D eigenvalue weighted by Crippen LogP contribution is 2.16. The van der Waals surface area contributed by atoms with E-state index >= 15 is 0 Å². The predicted octanol–water partition coefficient (Wildman–Crippen LogP) is 1.24. The number of nitrogens with one attached hydrogen (secondary N) is 2. The van der Waals surface area contributed by atoms with Crippen LogP contribution in [0.1, 0.15) is 23.2 Å². The maximum atomic E-state index is 12.0. The van der Waals surface area contributed by atoms with Crippen molar-refractivity contribution in [3.63, 3.8) is 0 Å². The van der Waals surface area contributed by atoms with Gasteiger partial charge in [0.25, 0.3) is 5.56 Å². The predicted molar refractivity (Wildman–Crippen MR) is 93.8 cm³/mol. The first-order valence-electron chi connectivity index (χ1n) is 8.40. The fourth-order valence-electron chi connectivity index (χ4n) is 2.86. The molecule has 132 valence electrons. The van der Waals surface area contributed by atoms with Crippen molar-refractivity contribution >= 4 is 6.03 Å². The molecule has 1 aliphatic carbocycles. The summed E-state index contributed by atoms with van der Waals surface area (Å²) in [5.41, 5.74) is 2.93. The molecule has 25 heavy (non-hydrogen) atoms. The number of hydrogen-bond acceptors (Lipinski definition) is 4. The molecule has 1 aromatic heterocycles. The molecule has 2 amide bonds. The van der Waals surface area contributed by atoms with Gasteiger partial charge in [-0.15, -0.1) is 0 Å². The van der Waals surface area contributed by atoms with Crippen LogP contribution in [-0.4, -0.2) is 29.5 Å². The molecule has 0 atom stereocenters. The van der Waals surface area contributed by atoms with Crippen molar-refractivity contribution in [3.05, 3.63) is 57.5 Å². The van der Waals surface area contributed by atoms with Gasteiger partial charge in [-0.2, -0.15) is 5.10 Å². The molecule has 0 radical (unpaired) electrons.